The number of ether oxygens (including phenoxy) is 1. The maximum Gasteiger partial charge on any atom is 0.432 e. The number of nitrogens with two attached hydrogens (primary N) is 1. The van der Waals surface area contributed by atoms with Crippen molar-refractivity contribution in [1.29, 1.82) is 0 Å². The van der Waals surface area contributed by atoms with E-state index in [1.165, 1.54) is 0 Å². The van der Waals surface area contributed by atoms with Gasteiger partial charge in [-0.3, -0.25) is 0 Å². The highest BCUT2D eigenvalue weighted by Crippen LogP contribution is 1.78. The van der Waals surface area contributed by atoms with Crippen molar-refractivity contribution in [3.8, 4) is 0 Å². The highest BCUT2D eigenvalue weighted by Gasteiger charge is 1.95. The molecule has 5 nitrogen and oxygen atoms in total. The molecule has 11 heavy (non-hydrogen) atoms. The Labute approximate surface area is 68.8 Å². The second-order valence-electron chi connectivity index (χ2n) is 1.42. The number of nitrogens with zero attached hydrogens (tertiary/aromatic N) is 1. The number of amidine groups is 1. The number of alkyl halides is 1. The van der Waals surface area contributed by atoms with Gasteiger partial charge in [0.05, 0.1) is 12.1 Å². The van der Waals surface area contributed by atoms with Gasteiger partial charge < -0.3 is 10.5 Å². The third-order valence-corrected chi connectivity index (χ3v) is 0.892. The van der Waals surface area contributed by atoms with Gasteiger partial charge in [-0.05, 0) is 0 Å². The van der Waals surface area contributed by atoms with Crippen LogP contribution in [0.3, 0.4) is 0 Å². The number of nitrogens with one attached hydrogen (secondary N) is 1. The summed E-state index contributed by atoms with van der Waals surface area (Å²) >= 11 is 5.24. The van der Waals surface area contributed by atoms with Crippen molar-refractivity contribution in [2.75, 3.05) is 5.88 Å². The molecule has 0 aliphatic rings. The zero-order chi connectivity index (χ0) is 8.69. The summed E-state index contributed by atoms with van der Waals surface area (Å²) in [6.45, 7) is 3.16. The standard InChI is InChI=1S/C5H8ClN3O2/c1-2-11-5(10)9-8-4(7)3-6/h2H,1,3H2,(H2,7,8)(H,9,10). The summed E-state index contributed by atoms with van der Waals surface area (Å²) in [4.78, 5) is 10.5. The van der Waals surface area contributed by atoms with Crippen molar-refractivity contribution in [3.05, 3.63) is 12.8 Å². The van der Waals surface area contributed by atoms with Gasteiger partial charge in [-0.1, -0.05) is 6.58 Å². The molecule has 0 bridgehead atoms. The van der Waals surface area contributed by atoms with Crippen LogP contribution in [0.1, 0.15) is 0 Å². The summed E-state index contributed by atoms with van der Waals surface area (Å²) in [5, 5.41) is 3.35. The summed E-state index contributed by atoms with van der Waals surface area (Å²) in [5.41, 5.74) is 7.12. The Morgan fingerprint density at radius 3 is 3.00 bits per heavy atom. The van der Waals surface area contributed by atoms with Crippen molar-refractivity contribution >= 4 is 23.5 Å². The number of carbonyl (C=O) groups excluding carboxylic acids is 1. The fourth-order valence-corrected chi connectivity index (χ4v) is 0.309. The van der Waals surface area contributed by atoms with Gasteiger partial charge in [0.25, 0.3) is 0 Å². The molecule has 0 radical (unpaired) electrons. The van der Waals surface area contributed by atoms with E-state index in [9.17, 15) is 4.79 Å². The largest absolute Gasteiger partial charge is 0.432 e. The molecule has 0 aliphatic heterocycles. The third-order valence-electron chi connectivity index (χ3n) is 0.618. The van der Waals surface area contributed by atoms with Gasteiger partial charge >= 0.3 is 6.09 Å². The van der Waals surface area contributed by atoms with E-state index in [4.69, 9.17) is 17.3 Å². The maximum atomic E-state index is 10.5. The molecule has 0 saturated heterocycles. The number of rotatable bonds is 3. The lowest BCUT2D eigenvalue weighted by Crippen LogP contribution is -2.23. The number of hydrazone groups is 1. The summed E-state index contributed by atoms with van der Waals surface area (Å²) in [6, 6.07) is 0. The molecule has 6 heteroatoms. The molecule has 0 saturated carbocycles. The van der Waals surface area contributed by atoms with Gasteiger partial charge in [0.1, 0.15) is 5.84 Å². The molecule has 3 N–H and O–H groups in total. The third kappa shape index (κ3) is 5.23. The average molecular weight is 178 g/mol. The number of halogens is 1. The second-order valence-corrected chi connectivity index (χ2v) is 1.69. The Morgan fingerprint density at radius 1 is 1.91 bits per heavy atom. The van der Waals surface area contributed by atoms with Gasteiger partial charge in [-0.15, -0.1) is 11.6 Å². The number of hydrogen-bond acceptors (Lipinski definition) is 3. The normalized spacial score (nSPS) is 10.5. The fraction of sp³-hybridized carbons (Fsp3) is 0.200. The van der Waals surface area contributed by atoms with Crippen molar-refractivity contribution in [1.82, 2.24) is 5.43 Å². The highest BCUT2D eigenvalue weighted by molar-refractivity contribution is 6.27. The lowest BCUT2D eigenvalue weighted by molar-refractivity contribution is 0.186. The van der Waals surface area contributed by atoms with Gasteiger partial charge in [0, 0.05) is 0 Å². The van der Waals surface area contributed by atoms with Crippen LogP contribution >= 0.6 is 11.6 Å². The first-order valence-electron chi connectivity index (χ1n) is 2.66. The molecule has 0 fully saturated rings. The summed E-state index contributed by atoms with van der Waals surface area (Å²) < 4.78 is 4.24. The molecular weight excluding hydrogens is 170 g/mol. The molecule has 0 aromatic rings. The highest BCUT2D eigenvalue weighted by atomic mass is 35.5. The lowest BCUT2D eigenvalue weighted by atomic mass is 10.7. The van der Waals surface area contributed by atoms with Crippen LogP contribution in [0.25, 0.3) is 0 Å². The molecule has 62 valence electrons. The van der Waals surface area contributed by atoms with Crippen molar-refractivity contribution in [2.45, 2.75) is 0 Å². The predicted molar refractivity (Wildman–Crippen MR) is 42.2 cm³/mol. The molecule has 0 aliphatic carbocycles. The number of amides is 1. The fourth-order valence-electron chi connectivity index (χ4n) is 0.249. The minimum absolute atomic E-state index is 0.0500. The van der Waals surface area contributed by atoms with Gasteiger partial charge in [0.2, 0.25) is 0 Å². The van der Waals surface area contributed by atoms with E-state index in [0.717, 1.165) is 6.26 Å². The number of carbonyl (C=O) groups is 1. The Balaban J connectivity index is 3.68. The van der Waals surface area contributed by atoms with Gasteiger partial charge in [0.15, 0.2) is 0 Å². The first-order valence-corrected chi connectivity index (χ1v) is 3.19. The van der Waals surface area contributed by atoms with E-state index in [1.54, 1.807) is 0 Å². The summed E-state index contributed by atoms with van der Waals surface area (Å²) in [7, 11) is 0. The smallest absolute Gasteiger partial charge is 0.418 e. The average Bonchev–Trinajstić information content (AvgIpc) is 2.01. The van der Waals surface area contributed by atoms with E-state index < -0.39 is 6.09 Å². The van der Waals surface area contributed by atoms with Crippen LogP contribution in [0, 0.1) is 0 Å². The van der Waals surface area contributed by atoms with Crippen molar-refractivity contribution < 1.29 is 9.53 Å². The quantitative estimate of drug-likeness (QED) is 0.215. The van der Waals surface area contributed by atoms with Crippen LogP contribution in [0.2, 0.25) is 0 Å². The van der Waals surface area contributed by atoms with Crippen molar-refractivity contribution in [3.63, 3.8) is 0 Å². The monoisotopic (exact) mass is 177 g/mol. The molecule has 0 rings (SSSR count). The van der Waals surface area contributed by atoms with Crippen LogP contribution in [0.5, 0.6) is 0 Å². The zero-order valence-corrected chi connectivity index (χ0v) is 6.47. The van der Waals surface area contributed by atoms with Crippen molar-refractivity contribution in [2.24, 2.45) is 10.8 Å². The number of hydrogen-bond donors (Lipinski definition) is 2. The Bertz CT molecular complexity index is 181. The molecule has 0 atom stereocenters. The minimum atomic E-state index is -0.756. The Hall–Kier alpha value is -1.23. The lowest BCUT2D eigenvalue weighted by Gasteiger charge is -1.96. The molecule has 0 aromatic heterocycles. The van der Waals surface area contributed by atoms with Crippen LogP contribution in [0.15, 0.2) is 17.9 Å². The minimum Gasteiger partial charge on any atom is -0.418 e. The summed E-state index contributed by atoms with van der Waals surface area (Å²) in [5.74, 6) is 0.154. The van der Waals surface area contributed by atoms with E-state index >= 15 is 0 Å². The molecular formula is C5H8ClN3O2. The van der Waals surface area contributed by atoms with Crippen LogP contribution in [-0.2, 0) is 4.74 Å². The predicted octanol–water partition coefficient (Wildman–Crippen LogP) is 0.367. The Morgan fingerprint density at radius 2 is 2.55 bits per heavy atom. The zero-order valence-electron chi connectivity index (χ0n) is 5.71. The first-order chi connectivity index (χ1) is 5.20. The SMILES string of the molecule is C=COC(=O)NN=C(N)CCl. The van der Waals surface area contributed by atoms with E-state index in [0.29, 0.717) is 0 Å². The van der Waals surface area contributed by atoms with Crippen LogP contribution in [0.4, 0.5) is 4.79 Å². The first kappa shape index (κ1) is 9.77. The van der Waals surface area contributed by atoms with Crippen LogP contribution < -0.4 is 11.2 Å². The maximum absolute atomic E-state index is 10.5. The molecule has 0 aromatic carbocycles. The molecule has 1 amide bonds. The van der Waals surface area contributed by atoms with E-state index in [1.807, 2.05) is 5.43 Å². The van der Waals surface area contributed by atoms with E-state index in [-0.39, 0.29) is 11.7 Å². The Kier molecular flexibility index (Phi) is 4.93. The summed E-state index contributed by atoms with van der Waals surface area (Å²) in [6.07, 6.45) is 0.218. The van der Waals surface area contributed by atoms with Gasteiger partial charge in [-0.2, -0.15) is 5.10 Å². The van der Waals surface area contributed by atoms with E-state index in [2.05, 4.69) is 16.4 Å². The van der Waals surface area contributed by atoms with Crippen LogP contribution in [-0.4, -0.2) is 17.8 Å². The second kappa shape index (κ2) is 5.55. The molecule has 0 spiro atoms. The molecule has 0 heterocycles. The van der Waals surface area contributed by atoms with Gasteiger partial charge in [-0.25, -0.2) is 10.2 Å². The topological polar surface area (TPSA) is 76.7 Å². The molecule has 0 unspecified atom stereocenters.